The number of hydrogen-bond acceptors (Lipinski definition) is 3. The zero-order valence-corrected chi connectivity index (χ0v) is 16.9. The Hall–Kier alpha value is -0.920. The molecule has 0 bridgehead atoms. The first-order chi connectivity index (χ1) is 11.9. The summed E-state index contributed by atoms with van der Waals surface area (Å²) >= 11 is 3.33. The molecule has 1 aromatic rings. The van der Waals surface area contributed by atoms with Gasteiger partial charge in [-0.15, -0.1) is 0 Å². The van der Waals surface area contributed by atoms with Crippen molar-refractivity contribution in [1.29, 1.82) is 0 Å². The quantitative estimate of drug-likeness (QED) is 0.741. The van der Waals surface area contributed by atoms with Crippen molar-refractivity contribution < 1.29 is 13.2 Å². The summed E-state index contributed by atoms with van der Waals surface area (Å²) in [7, 11) is -3.56. The molecule has 2 fully saturated rings. The Balaban J connectivity index is 1.75. The number of halogens is 1. The van der Waals surface area contributed by atoms with Gasteiger partial charge in [0.15, 0.2) is 0 Å². The molecule has 0 N–H and O–H groups in total. The molecule has 2 heterocycles. The van der Waals surface area contributed by atoms with Crippen LogP contribution in [0.25, 0.3) is 0 Å². The van der Waals surface area contributed by atoms with Crippen molar-refractivity contribution in [3.05, 3.63) is 28.7 Å². The lowest BCUT2D eigenvalue weighted by Crippen LogP contribution is -2.50. The summed E-state index contributed by atoms with van der Waals surface area (Å²) in [4.78, 5) is 15.2. The van der Waals surface area contributed by atoms with E-state index in [0.29, 0.717) is 6.54 Å². The Kier molecular flexibility index (Phi) is 5.85. The number of amides is 1. The van der Waals surface area contributed by atoms with Crippen molar-refractivity contribution in [2.24, 2.45) is 5.92 Å². The first-order valence-electron chi connectivity index (χ1n) is 8.96. The van der Waals surface area contributed by atoms with Crippen LogP contribution in [0.2, 0.25) is 0 Å². The van der Waals surface area contributed by atoms with Gasteiger partial charge in [0.2, 0.25) is 15.9 Å². The zero-order chi connectivity index (χ0) is 18.0. The highest BCUT2D eigenvalue weighted by Crippen LogP contribution is 2.28. The number of likely N-dealkylation sites (tertiary alicyclic amines) is 1. The third-order valence-electron chi connectivity index (χ3n) is 5.25. The maximum atomic E-state index is 12.9. The maximum absolute atomic E-state index is 12.9. The fourth-order valence-electron chi connectivity index (χ4n) is 3.80. The number of piperidine rings is 2. The van der Waals surface area contributed by atoms with Gasteiger partial charge in [0.25, 0.3) is 0 Å². The van der Waals surface area contributed by atoms with Crippen molar-refractivity contribution in [2.75, 3.05) is 19.6 Å². The average Bonchev–Trinajstić information content (AvgIpc) is 2.62. The molecular weight excluding hydrogens is 404 g/mol. The van der Waals surface area contributed by atoms with E-state index in [9.17, 15) is 13.2 Å². The summed E-state index contributed by atoms with van der Waals surface area (Å²) in [5.41, 5.74) is 0. The molecule has 2 aliphatic heterocycles. The average molecular weight is 429 g/mol. The largest absolute Gasteiger partial charge is 0.340 e. The Morgan fingerprint density at radius 1 is 1.16 bits per heavy atom. The van der Waals surface area contributed by atoms with E-state index in [0.717, 1.165) is 36.7 Å². The van der Waals surface area contributed by atoms with Crippen LogP contribution in [0.5, 0.6) is 0 Å². The van der Waals surface area contributed by atoms with Crippen LogP contribution in [-0.2, 0) is 14.8 Å². The van der Waals surface area contributed by atoms with Gasteiger partial charge in [-0.1, -0.05) is 22.0 Å². The van der Waals surface area contributed by atoms with Crippen LogP contribution in [0, 0.1) is 5.92 Å². The van der Waals surface area contributed by atoms with Crippen LogP contribution >= 0.6 is 15.9 Å². The van der Waals surface area contributed by atoms with Gasteiger partial charge in [-0.25, -0.2) is 8.42 Å². The van der Waals surface area contributed by atoms with Crippen LogP contribution in [0.1, 0.15) is 39.0 Å². The molecule has 0 saturated carbocycles. The lowest BCUT2D eigenvalue weighted by molar-refractivity contribution is -0.140. The highest BCUT2D eigenvalue weighted by molar-refractivity contribution is 9.10. The predicted octanol–water partition coefficient (Wildman–Crippen LogP) is 3.25. The first kappa shape index (κ1) is 18.9. The van der Waals surface area contributed by atoms with E-state index in [1.54, 1.807) is 24.3 Å². The molecular formula is C18H25BrN2O3S. The van der Waals surface area contributed by atoms with Gasteiger partial charge in [-0.3, -0.25) is 4.79 Å². The molecule has 0 spiro atoms. The Morgan fingerprint density at radius 2 is 1.96 bits per heavy atom. The molecule has 2 saturated heterocycles. The molecule has 2 aliphatic rings. The predicted molar refractivity (Wildman–Crippen MR) is 101 cm³/mol. The second kappa shape index (κ2) is 7.76. The molecule has 3 rings (SSSR count). The first-order valence-corrected chi connectivity index (χ1v) is 11.2. The molecule has 5 nitrogen and oxygen atoms in total. The van der Waals surface area contributed by atoms with Crippen molar-refractivity contribution in [3.63, 3.8) is 0 Å². The smallest absolute Gasteiger partial charge is 0.243 e. The highest BCUT2D eigenvalue weighted by Gasteiger charge is 2.36. The fraction of sp³-hybridized carbons (Fsp3) is 0.611. The molecule has 2 atom stereocenters. The summed E-state index contributed by atoms with van der Waals surface area (Å²) in [5.74, 6) is -0.0995. The Labute approximate surface area is 158 Å². The number of carbonyl (C=O) groups is 1. The number of benzene rings is 1. The van der Waals surface area contributed by atoms with Gasteiger partial charge in [0, 0.05) is 30.1 Å². The second-order valence-corrected chi connectivity index (χ2v) is 9.89. The fourth-order valence-corrected chi connectivity index (χ4v) is 5.92. The van der Waals surface area contributed by atoms with Crippen molar-refractivity contribution >= 4 is 31.9 Å². The maximum Gasteiger partial charge on any atom is 0.243 e. The lowest BCUT2D eigenvalue weighted by Gasteiger charge is -2.38. The minimum Gasteiger partial charge on any atom is -0.340 e. The molecule has 2 unspecified atom stereocenters. The highest BCUT2D eigenvalue weighted by atomic mass is 79.9. The van der Waals surface area contributed by atoms with E-state index in [2.05, 4.69) is 22.9 Å². The lowest BCUT2D eigenvalue weighted by atomic mass is 9.95. The SMILES string of the molecule is CC1CCCCN1C(=O)C1CCCN(S(=O)(=O)c2cccc(Br)c2)C1. The molecule has 1 aromatic carbocycles. The van der Waals surface area contributed by atoms with Crippen LogP contribution in [0.4, 0.5) is 0 Å². The topological polar surface area (TPSA) is 57.7 Å². The van der Waals surface area contributed by atoms with E-state index in [-0.39, 0.29) is 29.3 Å². The molecule has 138 valence electrons. The van der Waals surface area contributed by atoms with Gasteiger partial charge in [-0.2, -0.15) is 4.31 Å². The zero-order valence-electron chi connectivity index (χ0n) is 14.5. The van der Waals surface area contributed by atoms with Gasteiger partial charge in [0.05, 0.1) is 10.8 Å². The molecule has 0 aliphatic carbocycles. The number of hydrogen-bond donors (Lipinski definition) is 0. The van der Waals surface area contributed by atoms with E-state index >= 15 is 0 Å². The molecule has 25 heavy (non-hydrogen) atoms. The monoisotopic (exact) mass is 428 g/mol. The van der Waals surface area contributed by atoms with E-state index in [1.807, 2.05) is 4.90 Å². The third kappa shape index (κ3) is 4.09. The van der Waals surface area contributed by atoms with Crippen LogP contribution in [0.3, 0.4) is 0 Å². The minimum atomic E-state index is -3.56. The van der Waals surface area contributed by atoms with Crippen LogP contribution < -0.4 is 0 Å². The third-order valence-corrected chi connectivity index (χ3v) is 7.61. The van der Waals surface area contributed by atoms with E-state index < -0.39 is 10.0 Å². The normalized spacial score (nSPS) is 25.8. The van der Waals surface area contributed by atoms with Crippen LogP contribution in [0.15, 0.2) is 33.6 Å². The molecule has 1 amide bonds. The van der Waals surface area contributed by atoms with E-state index in [1.165, 1.54) is 10.7 Å². The van der Waals surface area contributed by atoms with E-state index in [4.69, 9.17) is 0 Å². The second-order valence-electron chi connectivity index (χ2n) is 7.04. The summed E-state index contributed by atoms with van der Waals surface area (Å²) in [5, 5.41) is 0. The minimum absolute atomic E-state index is 0.126. The number of carbonyl (C=O) groups excluding carboxylic acids is 1. The van der Waals surface area contributed by atoms with Gasteiger partial charge < -0.3 is 4.90 Å². The number of sulfonamides is 1. The summed E-state index contributed by atoms with van der Waals surface area (Å²) < 4.78 is 28.1. The Bertz CT molecular complexity index is 738. The number of rotatable bonds is 3. The summed E-state index contributed by atoms with van der Waals surface area (Å²) in [6, 6.07) is 7.02. The molecule has 0 aromatic heterocycles. The molecule has 7 heteroatoms. The Morgan fingerprint density at radius 3 is 2.68 bits per heavy atom. The summed E-state index contributed by atoms with van der Waals surface area (Å²) in [6.45, 7) is 3.66. The van der Waals surface area contributed by atoms with Gasteiger partial charge in [-0.05, 0) is 57.2 Å². The van der Waals surface area contributed by atoms with Crippen LogP contribution in [-0.4, -0.2) is 49.2 Å². The van der Waals surface area contributed by atoms with Crippen molar-refractivity contribution in [1.82, 2.24) is 9.21 Å². The van der Waals surface area contributed by atoms with Gasteiger partial charge >= 0.3 is 0 Å². The van der Waals surface area contributed by atoms with Gasteiger partial charge in [0.1, 0.15) is 0 Å². The summed E-state index contributed by atoms with van der Waals surface area (Å²) in [6.07, 6.45) is 4.75. The molecule has 0 radical (unpaired) electrons. The number of nitrogens with zero attached hydrogens (tertiary/aromatic N) is 2. The standard InChI is InChI=1S/C18H25BrN2O3S/c1-14-6-2-3-11-21(14)18(22)15-7-5-10-20(13-15)25(23,24)17-9-4-8-16(19)12-17/h4,8-9,12,14-15H,2-3,5-7,10-11,13H2,1H3. The van der Waals surface area contributed by atoms with Crippen molar-refractivity contribution in [2.45, 2.75) is 50.0 Å². The van der Waals surface area contributed by atoms with Crippen molar-refractivity contribution in [3.8, 4) is 0 Å².